The van der Waals surface area contributed by atoms with Gasteiger partial charge in [0.1, 0.15) is 17.8 Å². The highest BCUT2D eigenvalue weighted by Crippen LogP contribution is 2.35. The zero-order chi connectivity index (χ0) is 23.6. The number of ether oxygens (including phenoxy) is 1. The maximum Gasteiger partial charge on any atom is 0.325 e. The summed E-state index contributed by atoms with van der Waals surface area (Å²) in [5.41, 5.74) is -0.244. The van der Waals surface area contributed by atoms with E-state index in [0.29, 0.717) is 30.0 Å². The number of carbonyl (C=O) groups excluding carboxylic acids is 3. The normalized spacial score (nSPS) is 17.2. The summed E-state index contributed by atoms with van der Waals surface area (Å²) in [4.78, 5) is 38.2. The van der Waals surface area contributed by atoms with E-state index in [1.807, 2.05) is 0 Å². The van der Waals surface area contributed by atoms with Crippen LogP contribution in [0.5, 0.6) is 5.75 Å². The van der Waals surface area contributed by atoms with Gasteiger partial charge in [0.2, 0.25) is 5.91 Å². The predicted molar refractivity (Wildman–Crippen MR) is 120 cm³/mol. The Morgan fingerprint density at radius 2 is 1.76 bits per heavy atom. The molecule has 1 saturated carbocycles. The van der Waals surface area contributed by atoms with E-state index in [2.05, 4.69) is 15.4 Å². The number of benzene rings is 2. The van der Waals surface area contributed by atoms with Gasteiger partial charge in [-0.15, -0.1) is 0 Å². The highest BCUT2D eigenvalue weighted by atomic mass is 32.2. The number of amides is 4. The molecule has 4 rings (SSSR count). The Morgan fingerprint density at radius 1 is 1.09 bits per heavy atom. The van der Waals surface area contributed by atoms with Gasteiger partial charge in [-0.1, -0.05) is 25.0 Å². The van der Waals surface area contributed by atoms with Crippen molar-refractivity contribution < 1.29 is 27.5 Å². The Balaban J connectivity index is 1.40. The third-order valence-electron chi connectivity index (χ3n) is 5.80. The molecular weight excluding hydrogens is 448 g/mol. The molecule has 1 aliphatic carbocycles. The van der Waals surface area contributed by atoms with Crippen molar-refractivity contribution in [2.75, 3.05) is 23.7 Å². The van der Waals surface area contributed by atoms with Crippen molar-refractivity contribution in [2.45, 2.75) is 36.1 Å². The van der Waals surface area contributed by atoms with Crippen LogP contribution in [0.1, 0.15) is 25.7 Å². The Kier molecular flexibility index (Phi) is 5.98. The van der Waals surface area contributed by atoms with Gasteiger partial charge >= 0.3 is 6.03 Å². The van der Waals surface area contributed by atoms with E-state index in [0.717, 1.165) is 17.7 Å². The fraction of sp³-hybridized carbons (Fsp3) is 0.318. The number of anilines is 2. The molecule has 1 spiro atoms. The van der Waals surface area contributed by atoms with Crippen LogP contribution in [0.15, 0.2) is 53.4 Å². The van der Waals surface area contributed by atoms with Gasteiger partial charge in [0.25, 0.3) is 15.9 Å². The van der Waals surface area contributed by atoms with Crippen LogP contribution in [-0.4, -0.2) is 50.4 Å². The van der Waals surface area contributed by atoms with Crippen molar-refractivity contribution in [2.24, 2.45) is 0 Å². The van der Waals surface area contributed by atoms with Crippen LogP contribution in [0.25, 0.3) is 0 Å². The lowest BCUT2D eigenvalue weighted by molar-refractivity contribution is -0.133. The minimum Gasteiger partial charge on any atom is -0.495 e. The van der Waals surface area contributed by atoms with Gasteiger partial charge in [-0.3, -0.25) is 19.2 Å². The van der Waals surface area contributed by atoms with Gasteiger partial charge < -0.3 is 15.4 Å². The van der Waals surface area contributed by atoms with E-state index in [1.54, 1.807) is 24.3 Å². The van der Waals surface area contributed by atoms with Crippen molar-refractivity contribution in [1.29, 1.82) is 0 Å². The fourth-order valence-corrected chi connectivity index (χ4v) is 5.20. The fourth-order valence-electron chi connectivity index (χ4n) is 4.13. The molecule has 1 heterocycles. The van der Waals surface area contributed by atoms with Crippen LogP contribution in [0, 0.1) is 0 Å². The second-order valence-corrected chi connectivity index (χ2v) is 9.67. The summed E-state index contributed by atoms with van der Waals surface area (Å²) in [5, 5.41) is 5.31. The zero-order valence-electron chi connectivity index (χ0n) is 18.0. The van der Waals surface area contributed by atoms with Gasteiger partial charge in [-0.05, 0) is 49.2 Å². The molecule has 1 aliphatic heterocycles. The second kappa shape index (κ2) is 8.74. The van der Waals surface area contributed by atoms with Crippen molar-refractivity contribution in [1.82, 2.24) is 10.2 Å². The largest absolute Gasteiger partial charge is 0.495 e. The molecule has 2 aromatic rings. The third kappa shape index (κ3) is 4.49. The number of nitrogens with zero attached hydrogens (tertiary/aromatic N) is 1. The molecule has 0 bridgehead atoms. The van der Waals surface area contributed by atoms with Gasteiger partial charge in [-0.2, -0.15) is 0 Å². The first-order valence-electron chi connectivity index (χ1n) is 10.4. The molecule has 1 saturated heterocycles. The van der Waals surface area contributed by atoms with Crippen LogP contribution in [-0.2, 0) is 19.6 Å². The molecule has 174 valence electrons. The summed E-state index contributed by atoms with van der Waals surface area (Å²) in [6, 6.07) is 11.6. The first kappa shape index (κ1) is 22.6. The molecule has 11 heteroatoms. The molecule has 33 heavy (non-hydrogen) atoms. The number of nitrogens with one attached hydrogen (secondary N) is 3. The lowest BCUT2D eigenvalue weighted by Crippen LogP contribution is -2.44. The number of rotatable bonds is 7. The molecule has 2 aromatic carbocycles. The Labute approximate surface area is 191 Å². The maximum absolute atomic E-state index is 12.7. The summed E-state index contributed by atoms with van der Waals surface area (Å²) in [5.74, 6) is -0.551. The second-order valence-electron chi connectivity index (χ2n) is 7.99. The minimum atomic E-state index is -3.89. The number of hydrogen-bond acceptors (Lipinski definition) is 6. The monoisotopic (exact) mass is 472 g/mol. The summed E-state index contributed by atoms with van der Waals surface area (Å²) >= 11 is 0. The highest BCUT2D eigenvalue weighted by molar-refractivity contribution is 7.92. The molecule has 0 radical (unpaired) electrons. The summed E-state index contributed by atoms with van der Waals surface area (Å²) in [6.45, 7) is -0.415. The quantitative estimate of drug-likeness (QED) is 0.530. The van der Waals surface area contributed by atoms with E-state index in [1.165, 1.54) is 31.4 Å². The minimum absolute atomic E-state index is 0.0105. The number of imide groups is 1. The number of methoxy groups -OCH3 is 1. The smallest absolute Gasteiger partial charge is 0.325 e. The first-order valence-corrected chi connectivity index (χ1v) is 11.9. The number of carbonyl (C=O) groups is 3. The number of para-hydroxylation sites is 2. The Morgan fingerprint density at radius 3 is 2.42 bits per heavy atom. The SMILES string of the molecule is COc1ccccc1NS(=O)(=O)c1ccc(NC(=O)CN2C(=O)NC3(CCCC3)C2=O)cc1. The van der Waals surface area contributed by atoms with Gasteiger partial charge in [-0.25, -0.2) is 13.2 Å². The van der Waals surface area contributed by atoms with Crippen LogP contribution in [0.2, 0.25) is 0 Å². The molecule has 0 atom stereocenters. The molecule has 0 aromatic heterocycles. The molecule has 2 fully saturated rings. The molecule has 10 nitrogen and oxygen atoms in total. The van der Waals surface area contributed by atoms with Gasteiger partial charge in [0.05, 0.1) is 17.7 Å². The maximum atomic E-state index is 12.7. The molecular formula is C22H24N4O6S. The number of sulfonamides is 1. The average molecular weight is 473 g/mol. The van der Waals surface area contributed by atoms with Crippen molar-refractivity contribution in [3.63, 3.8) is 0 Å². The molecule has 4 amide bonds. The topological polar surface area (TPSA) is 134 Å². The standard InChI is InChI=1S/C22H24N4O6S/c1-32-18-7-3-2-6-17(18)25-33(30,31)16-10-8-15(9-11-16)23-19(27)14-26-20(28)22(24-21(26)29)12-4-5-13-22/h2-3,6-11,25H,4-5,12-14H2,1H3,(H,23,27)(H,24,29). The summed E-state index contributed by atoms with van der Waals surface area (Å²) < 4.78 is 33.0. The van der Waals surface area contributed by atoms with Crippen LogP contribution >= 0.6 is 0 Å². The van der Waals surface area contributed by atoms with Crippen LogP contribution < -0.4 is 20.1 Å². The highest BCUT2D eigenvalue weighted by Gasteiger charge is 2.52. The summed E-state index contributed by atoms with van der Waals surface area (Å²) in [6.07, 6.45) is 2.86. The Hall–Kier alpha value is -3.60. The van der Waals surface area contributed by atoms with Crippen LogP contribution in [0.4, 0.5) is 16.2 Å². The third-order valence-corrected chi connectivity index (χ3v) is 7.19. The first-order chi connectivity index (χ1) is 15.7. The molecule has 0 unspecified atom stereocenters. The van der Waals surface area contributed by atoms with Crippen LogP contribution in [0.3, 0.4) is 0 Å². The zero-order valence-corrected chi connectivity index (χ0v) is 18.8. The van der Waals surface area contributed by atoms with E-state index < -0.39 is 34.0 Å². The average Bonchev–Trinajstić information content (AvgIpc) is 3.35. The predicted octanol–water partition coefficient (Wildman–Crippen LogP) is 2.30. The van der Waals surface area contributed by atoms with Crippen molar-refractivity contribution in [3.05, 3.63) is 48.5 Å². The van der Waals surface area contributed by atoms with Gasteiger partial charge in [0.15, 0.2) is 0 Å². The lowest BCUT2D eigenvalue weighted by Gasteiger charge is -2.19. The Bertz CT molecular complexity index is 1190. The van der Waals surface area contributed by atoms with E-state index in [9.17, 15) is 22.8 Å². The van der Waals surface area contributed by atoms with E-state index in [4.69, 9.17) is 4.74 Å². The molecule has 2 aliphatic rings. The van der Waals surface area contributed by atoms with E-state index in [-0.39, 0.29) is 10.8 Å². The number of urea groups is 1. The number of hydrogen-bond donors (Lipinski definition) is 3. The van der Waals surface area contributed by atoms with Gasteiger partial charge in [0, 0.05) is 5.69 Å². The summed E-state index contributed by atoms with van der Waals surface area (Å²) in [7, 11) is -2.44. The van der Waals surface area contributed by atoms with Crippen molar-refractivity contribution in [3.8, 4) is 5.75 Å². The lowest BCUT2D eigenvalue weighted by atomic mass is 9.98. The molecule has 3 N–H and O–H groups in total. The van der Waals surface area contributed by atoms with E-state index >= 15 is 0 Å². The van der Waals surface area contributed by atoms with Crippen molar-refractivity contribution >= 4 is 39.2 Å².